The van der Waals surface area contributed by atoms with E-state index in [1.165, 1.54) is 18.5 Å². The second-order valence-corrected chi connectivity index (χ2v) is 8.86. The number of aromatic nitrogens is 5. The lowest BCUT2D eigenvalue weighted by atomic mass is 9.99. The van der Waals surface area contributed by atoms with Gasteiger partial charge in [0, 0.05) is 37.8 Å². The Morgan fingerprint density at radius 3 is 2.59 bits per heavy atom. The predicted molar refractivity (Wildman–Crippen MR) is 115 cm³/mol. The van der Waals surface area contributed by atoms with Crippen molar-refractivity contribution in [3.8, 4) is 0 Å². The van der Waals surface area contributed by atoms with Gasteiger partial charge in [0.1, 0.15) is 0 Å². The van der Waals surface area contributed by atoms with Crippen LogP contribution in [0.2, 0.25) is 0 Å². The van der Waals surface area contributed by atoms with Crippen LogP contribution in [0.3, 0.4) is 0 Å². The summed E-state index contributed by atoms with van der Waals surface area (Å²) in [6.45, 7) is 14.0. The molecular formula is C22H31N7. The molecule has 0 N–H and O–H groups in total. The summed E-state index contributed by atoms with van der Waals surface area (Å²) < 4.78 is 1.98. The van der Waals surface area contributed by atoms with Crippen LogP contribution < -0.4 is 0 Å². The van der Waals surface area contributed by atoms with Crippen LogP contribution in [0.1, 0.15) is 51.5 Å². The molecule has 3 aromatic rings. The van der Waals surface area contributed by atoms with Crippen molar-refractivity contribution >= 4 is 10.9 Å². The summed E-state index contributed by atoms with van der Waals surface area (Å²) in [7, 11) is 0. The van der Waals surface area contributed by atoms with Gasteiger partial charge in [-0.2, -0.15) is 0 Å². The maximum atomic E-state index is 4.50. The summed E-state index contributed by atoms with van der Waals surface area (Å²) in [5.41, 5.74) is 2.05. The van der Waals surface area contributed by atoms with E-state index in [0.29, 0.717) is 0 Å². The molecule has 1 aliphatic rings. The number of fused-ring (bicyclic) bond motifs is 1. The maximum absolute atomic E-state index is 4.50. The Morgan fingerprint density at radius 2 is 1.86 bits per heavy atom. The highest BCUT2D eigenvalue weighted by atomic mass is 15.6. The molecule has 0 bridgehead atoms. The lowest BCUT2D eigenvalue weighted by Gasteiger charge is -2.39. The second kappa shape index (κ2) is 8.16. The van der Waals surface area contributed by atoms with Crippen LogP contribution in [0.5, 0.6) is 0 Å². The van der Waals surface area contributed by atoms with Gasteiger partial charge < -0.3 is 4.90 Å². The summed E-state index contributed by atoms with van der Waals surface area (Å²) in [4.78, 5) is 9.55. The minimum Gasteiger partial charge on any atom is -0.301 e. The highest BCUT2D eigenvalue weighted by Crippen LogP contribution is 2.32. The zero-order valence-corrected chi connectivity index (χ0v) is 17.9. The van der Waals surface area contributed by atoms with Gasteiger partial charge in [-0.15, -0.1) is 5.10 Å². The van der Waals surface area contributed by atoms with Gasteiger partial charge in [-0.3, -0.25) is 9.88 Å². The lowest BCUT2D eigenvalue weighted by molar-refractivity contribution is 0.102. The quantitative estimate of drug-likeness (QED) is 0.664. The molecule has 0 saturated carbocycles. The Morgan fingerprint density at radius 1 is 1.07 bits per heavy atom. The minimum atomic E-state index is -0.181. The summed E-state index contributed by atoms with van der Waals surface area (Å²) in [6, 6.07) is 10.7. The van der Waals surface area contributed by atoms with Crippen molar-refractivity contribution in [1.82, 2.24) is 35.0 Å². The molecule has 1 aliphatic heterocycles. The third kappa shape index (κ3) is 4.16. The molecule has 0 spiro atoms. The van der Waals surface area contributed by atoms with Crippen LogP contribution in [-0.2, 0) is 5.54 Å². The van der Waals surface area contributed by atoms with Crippen LogP contribution in [0.15, 0.2) is 36.5 Å². The smallest absolute Gasteiger partial charge is 0.173 e. The Kier molecular flexibility index (Phi) is 5.61. The number of tetrazole rings is 1. The molecule has 0 radical (unpaired) electrons. The van der Waals surface area contributed by atoms with E-state index in [2.05, 4.69) is 82.3 Å². The first kappa shape index (κ1) is 19.9. The molecule has 1 saturated heterocycles. The van der Waals surface area contributed by atoms with Crippen molar-refractivity contribution in [3.63, 3.8) is 0 Å². The largest absolute Gasteiger partial charge is 0.301 e. The van der Waals surface area contributed by atoms with E-state index in [9.17, 15) is 0 Å². The highest BCUT2D eigenvalue weighted by Gasteiger charge is 2.33. The van der Waals surface area contributed by atoms with Crippen molar-refractivity contribution < 1.29 is 0 Å². The van der Waals surface area contributed by atoms with Crippen molar-refractivity contribution in [3.05, 3.63) is 47.9 Å². The summed E-state index contributed by atoms with van der Waals surface area (Å²) in [6.07, 6.45) is 3.04. The summed E-state index contributed by atoms with van der Waals surface area (Å²) in [5.74, 6) is 0.907. The number of nitrogens with zero attached hydrogens (tertiary/aromatic N) is 7. The highest BCUT2D eigenvalue weighted by molar-refractivity contribution is 5.79. The molecule has 29 heavy (non-hydrogen) atoms. The molecule has 7 nitrogen and oxygen atoms in total. The van der Waals surface area contributed by atoms with E-state index < -0.39 is 0 Å². The molecule has 1 atom stereocenters. The van der Waals surface area contributed by atoms with Gasteiger partial charge in [-0.25, -0.2) is 4.68 Å². The standard InChI is InChI=1S/C22H31N7/c1-5-11-27-12-14-28(15-13-27)20(21-24-25-26-29(21)22(2,3)4)18-8-9-19-17(16-18)7-6-10-23-19/h6-10,16,20H,5,11-15H2,1-4H3/t20-/m1/s1. The Bertz CT molecular complexity index is 951. The third-order valence-corrected chi connectivity index (χ3v) is 5.63. The average Bonchev–Trinajstić information content (AvgIpc) is 3.20. The molecular weight excluding hydrogens is 362 g/mol. The fourth-order valence-corrected chi connectivity index (χ4v) is 4.19. The number of hydrogen-bond donors (Lipinski definition) is 0. The molecule has 7 heteroatoms. The lowest BCUT2D eigenvalue weighted by Crippen LogP contribution is -2.48. The van der Waals surface area contributed by atoms with Gasteiger partial charge in [0.2, 0.25) is 0 Å². The van der Waals surface area contributed by atoms with Gasteiger partial charge in [-0.05, 0) is 67.9 Å². The molecule has 0 amide bonds. The van der Waals surface area contributed by atoms with E-state index in [1.54, 1.807) is 0 Å². The molecule has 154 valence electrons. The van der Waals surface area contributed by atoms with Crippen LogP contribution in [0, 0.1) is 0 Å². The predicted octanol–water partition coefficient (Wildman–Crippen LogP) is 3.09. The monoisotopic (exact) mass is 393 g/mol. The fraction of sp³-hybridized carbons (Fsp3) is 0.545. The van der Waals surface area contributed by atoms with E-state index in [4.69, 9.17) is 0 Å². The van der Waals surface area contributed by atoms with Crippen molar-refractivity contribution in [2.45, 2.75) is 45.7 Å². The number of benzene rings is 1. The van der Waals surface area contributed by atoms with Crippen LogP contribution >= 0.6 is 0 Å². The molecule has 3 heterocycles. The van der Waals surface area contributed by atoms with E-state index in [-0.39, 0.29) is 11.6 Å². The molecule has 1 fully saturated rings. The first-order chi connectivity index (χ1) is 14.0. The average molecular weight is 394 g/mol. The van der Waals surface area contributed by atoms with Crippen molar-refractivity contribution in [2.75, 3.05) is 32.7 Å². The summed E-state index contributed by atoms with van der Waals surface area (Å²) >= 11 is 0. The van der Waals surface area contributed by atoms with Gasteiger partial charge in [0.25, 0.3) is 0 Å². The Labute approximate surface area is 172 Å². The first-order valence-electron chi connectivity index (χ1n) is 10.6. The van der Waals surface area contributed by atoms with Crippen molar-refractivity contribution in [2.24, 2.45) is 0 Å². The molecule has 0 aliphatic carbocycles. The number of piperazine rings is 1. The zero-order valence-electron chi connectivity index (χ0n) is 17.9. The molecule has 0 unspecified atom stereocenters. The zero-order chi connectivity index (χ0) is 20.4. The van der Waals surface area contributed by atoms with E-state index in [1.807, 2.05) is 16.9 Å². The van der Waals surface area contributed by atoms with Crippen LogP contribution in [-0.4, -0.2) is 67.7 Å². The number of pyridine rings is 1. The van der Waals surface area contributed by atoms with Gasteiger partial charge in [0.15, 0.2) is 5.82 Å². The minimum absolute atomic E-state index is 0.0256. The Balaban J connectivity index is 1.74. The number of rotatable bonds is 5. The molecule has 4 rings (SSSR count). The fourth-order valence-electron chi connectivity index (χ4n) is 4.19. The van der Waals surface area contributed by atoms with Crippen LogP contribution in [0.25, 0.3) is 10.9 Å². The summed E-state index contributed by atoms with van der Waals surface area (Å²) in [5, 5.41) is 14.0. The van der Waals surface area contributed by atoms with Crippen LogP contribution in [0.4, 0.5) is 0 Å². The van der Waals surface area contributed by atoms with E-state index >= 15 is 0 Å². The van der Waals surface area contributed by atoms with Gasteiger partial charge >= 0.3 is 0 Å². The van der Waals surface area contributed by atoms with Crippen molar-refractivity contribution in [1.29, 1.82) is 0 Å². The van der Waals surface area contributed by atoms with E-state index in [0.717, 1.165) is 42.9 Å². The normalized spacial score (nSPS) is 17.7. The second-order valence-electron chi connectivity index (χ2n) is 8.86. The first-order valence-corrected chi connectivity index (χ1v) is 10.6. The molecule has 2 aromatic heterocycles. The SMILES string of the molecule is CCCN1CCN([C@H](c2ccc3ncccc3c2)c2nnnn2C(C)(C)C)CC1. The Hall–Kier alpha value is -2.38. The maximum Gasteiger partial charge on any atom is 0.173 e. The topological polar surface area (TPSA) is 63.0 Å². The molecule has 1 aromatic carbocycles. The van der Waals surface area contributed by atoms with Gasteiger partial charge in [-0.1, -0.05) is 19.1 Å². The number of hydrogen-bond acceptors (Lipinski definition) is 6. The third-order valence-electron chi connectivity index (χ3n) is 5.63. The van der Waals surface area contributed by atoms with Gasteiger partial charge in [0.05, 0.1) is 17.1 Å².